The van der Waals surface area contributed by atoms with E-state index in [0.717, 1.165) is 0 Å². The van der Waals surface area contributed by atoms with Gasteiger partial charge in [-0.25, -0.2) is 4.79 Å². The maximum absolute atomic E-state index is 12.2. The summed E-state index contributed by atoms with van der Waals surface area (Å²) in [5, 5.41) is 2.43. The summed E-state index contributed by atoms with van der Waals surface area (Å²) >= 11 is 0. The van der Waals surface area contributed by atoms with Gasteiger partial charge < -0.3 is 16.8 Å². The number of anilines is 2. The molecule has 0 saturated heterocycles. The fourth-order valence-corrected chi connectivity index (χ4v) is 1.69. The van der Waals surface area contributed by atoms with Crippen molar-refractivity contribution in [3.05, 3.63) is 59.7 Å². The molecule has 5 nitrogen and oxygen atoms in total. The Labute approximate surface area is 110 Å². The van der Waals surface area contributed by atoms with Crippen LogP contribution in [-0.4, -0.2) is 11.8 Å². The molecule has 0 bridgehead atoms. The Balaban J connectivity index is 2.22. The molecule has 2 aromatic rings. The zero-order chi connectivity index (χ0) is 13.8. The number of amides is 2. The molecule has 0 fully saturated rings. The molecule has 0 spiro atoms. The van der Waals surface area contributed by atoms with Crippen molar-refractivity contribution in [1.82, 2.24) is 0 Å². The Kier molecular flexibility index (Phi) is 3.47. The van der Waals surface area contributed by atoms with Gasteiger partial charge in [0.05, 0.1) is 0 Å². The third kappa shape index (κ3) is 3.10. The van der Waals surface area contributed by atoms with Crippen molar-refractivity contribution in [1.29, 1.82) is 0 Å². The number of primary amides is 1. The lowest BCUT2D eigenvalue weighted by Gasteiger charge is -2.04. The number of rotatable bonds is 3. The summed E-state index contributed by atoms with van der Waals surface area (Å²) < 4.78 is 0. The SMILES string of the molecule is NC(=O)Nc1ccc(C(=O)c2cccc(N)c2)cc1. The lowest BCUT2D eigenvalue weighted by Crippen LogP contribution is -2.19. The molecule has 0 saturated carbocycles. The van der Waals surface area contributed by atoms with Gasteiger partial charge in [-0.2, -0.15) is 0 Å². The fourth-order valence-electron chi connectivity index (χ4n) is 1.69. The maximum atomic E-state index is 12.2. The van der Waals surface area contributed by atoms with E-state index in [9.17, 15) is 9.59 Å². The normalized spacial score (nSPS) is 9.89. The van der Waals surface area contributed by atoms with Crippen LogP contribution in [0.25, 0.3) is 0 Å². The number of hydrogen-bond donors (Lipinski definition) is 3. The molecular formula is C14H13N3O2. The number of nitrogens with one attached hydrogen (secondary N) is 1. The van der Waals surface area contributed by atoms with Crippen LogP contribution in [0, 0.1) is 0 Å². The van der Waals surface area contributed by atoms with Crippen molar-refractivity contribution in [3.8, 4) is 0 Å². The van der Waals surface area contributed by atoms with Gasteiger partial charge in [0.15, 0.2) is 5.78 Å². The summed E-state index contributed by atoms with van der Waals surface area (Å²) in [5.41, 5.74) is 12.8. The van der Waals surface area contributed by atoms with Crippen LogP contribution in [0.5, 0.6) is 0 Å². The zero-order valence-electron chi connectivity index (χ0n) is 10.1. The second kappa shape index (κ2) is 5.22. The lowest BCUT2D eigenvalue weighted by atomic mass is 10.0. The number of hydrogen-bond acceptors (Lipinski definition) is 3. The Hall–Kier alpha value is -2.82. The molecule has 2 amide bonds. The van der Waals surface area contributed by atoms with Crippen molar-refractivity contribution in [3.63, 3.8) is 0 Å². The molecule has 0 unspecified atom stereocenters. The predicted octanol–water partition coefficient (Wildman–Crippen LogP) is 1.99. The van der Waals surface area contributed by atoms with E-state index in [1.165, 1.54) is 0 Å². The standard InChI is InChI=1S/C14H13N3O2/c15-11-3-1-2-10(8-11)13(18)9-4-6-12(7-5-9)17-14(16)19/h1-8H,15H2,(H3,16,17,19). The molecule has 0 heterocycles. The molecule has 0 aliphatic heterocycles. The van der Waals surface area contributed by atoms with E-state index in [0.29, 0.717) is 22.5 Å². The van der Waals surface area contributed by atoms with E-state index in [-0.39, 0.29) is 5.78 Å². The van der Waals surface area contributed by atoms with Crippen LogP contribution < -0.4 is 16.8 Å². The highest BCUT2D eigenvalue weighted by molar-refractivity contribution is 6.09. The average molecular weight is 255 g/mol. The first-order valence-electron chi connectivity index (χ1n) is 5.63. The number of nitrogen functional groups attached to an aromatic ring is 1. The second-order valence-electron chi connectivity index (χ2n) is 4.02. The van der Waals surface area contributed by atoms with Crippen LogP contribution in [0.15, 0.2) is 48.5 Å². The molecule has 5 heteroatoms. The monoisotopic (exact) mass is 255 g/mol. The number of benzene rings is 2. The predicted molar refractivity (Wildman–Crippen MR) is 73.9 cm³/mol. The van der Waals surface area contributed by atoms with Crippen LogP contribution in [0.4, 0.5) is 16.2 Å². The average Bonchev–Trinajstić information content (AvgIpc) is 2.38. The molecule has 2 aromatic carbocycles. The zero-order valence-corrected chi connectivity index (χ0v) is 10.1. The Bertz CT molecular complexity index is 621. The molecule has 0 aliphatic carbocycles. The van der Waals surface area contributed by atoms with Crippen LogP contribution in [0.1, 0.15) is 15.9 Å². The smallest absolute Gasteiger partial charge is 0.316 e. The first-order valence-corrected chi connectivity index (χ1v) is 5.63. The molecule has 0 aliphatic rings. The number of nitrogens with two attached hydrogens (primary N) is 2. The van der Waals surface area contributed by atoms with Crippen molar-refractivity contribution in [2.24, 2.45) is 5.73 Å². The van der Waals surface area contributed by atoms with Crippen LogP contribution in [0.2, 0.25) is 0 Å². The highest BCUT2D eigenvalue weighted by atomic mass is 16.2. The highest BCUT2D eigenvalue weighted by Gasteiger charge is 2.09. The Morgan fingerprint density at radius 2 is 1.63 bits per heavy atom. The molecular weight excluding hydrogens is 242 g/mol. The summed E-state index contributed by atoms with van der Waals surface area (Å²) in [7, 11) is 0. The summed E-state index contributed by atoms with van der Waals surface area (Å²) in [6.07, 6.45) is 0. The third-order valence-corrected chi connectivity index (χ3v) is 2.56. The number of ketones is 1. The van der Waals surface area contributed by atoms with Crippen LogP contribution in [-0.2, 0) is 0 Å². The Morgan fingerprint density at radius 1 is 0.947 bits per heavy atom. The lowest BCUT2D eigenvalue weighted by molar-refractivity contribution is 0.103. The minimum absolute atomic E-state index is 0.127. The molecule has 2 rings (SSSR count). The van der Waals surface area contributed by atoms with Crippen molar-refractivity contribution in [2.75, 3.05) is 11.1 Å². The second-order valence-corrected chi connectivity index (χ2v) is 4.02. The molecule has 0 atom stereocenters. The summed E-state index contributed by atoms with van der Waals surface area (Å²) in [6.45, 7) is 0. The van der Waals surface area contributed by atoms with Crippen molar-refractivity contribution in [2.45, 2.75) is 0 Å². The third-order valence-electron chi connectivity index (χ3n) is 2.56. The maximum Gasteiger partial charge on any atom is 0.316 e. The first kappa shape index (κ1) is 12.6. The fraction of sp³-hybridized carbons (Fsp3) is 0. The number of carbonyl (C=O) groups is 2. The van der Waals surface area contributed by atoms with Crippen LogP contribution in [0.3, 0.4) is 0 Å². The van der Waals surface area contributed by atoms with Gasteiger partial charge in [-0.05, 0) is 36.4 Å². The van der Waals surface area contributed by atoms with Gasteiger partial charge in [0.25, 0.3) is 0 Å². The Morgan fingerprint density at radius 3 is 2.21 bits per heavy atom. The van der Waals surface area contributed by atoms with Gasteiger partial charge in [0, 0.05) is 22.5 Å². The molecule has 0 radical (unpaired) electrons. The summed E-state index contributed by atoms with van der Waals surface area (Å²) in [6, 6.07) is 12.6. The van der Waals surface area contributed by atoms with Gasteiger partial charge in [0.2, 0.25) is 0 Å². The molecule has 5 N–H and O–H groups in total. The van der Waals surface area contributed by atoms with Gasteiger partial charge >= 0.3 is 6.03 Å². The largest absolute Gasteiger partial charge is 0.399 e. The van der Waals surface area contributed by atoms with E-state index >= 15 is 0 Å². The number of carbonyl (C=O) groups excluding carboxylic acids is 2. The quantitative estimate of drug-likeness (QED) is 0.577. The minimum Gasteiger partial charge on any atom is -0.399 e. The minimum atomic E-state index is -0.644. The van der Waals surface area contributed by atoms with E-state index in [2.05, 4.69) is 5.32 Å². The molecule has 19 heavy (non-hydrogen) atoms. The van der Waals surface area contributed by atoms with Gasteiger partial charge in [-0.3, -0.25) is 4.79 Å². The van der Waals surface area contributed by atoms with Crippen molar-refractivity contribution >= 4 is 23.2 Å². The van der Waals surface area contributed by atoms with E-state index in [4.69, 9.17) is 11.5 Å². The van der Waals surface area contributed by atoms with Crippen LogP contribution >= 0.6 is 0 Å². The van der Waals surface area contributed by atoms with Gasteiger partial charge in [-0.15, -0.1) is 0 Å². The van der Waals surface area contributed by atoms with Gasteiger partial charge in [0.1, 0.15) is 0 Å². The topological polar surface area (TPSA) is 98.2 Å². The summed E-state index contributed by atoms with van der Waals surface area (Å²) in [4.78, 5) is 22.8. The molecule has 96 valence electrons. The van der Waals surface area contributed by atoms with Gasteiger partial charge in [-0.1, -0.05) is 12.1 Å². The number of urea groups is 1. The van der Waals surface area contributed by atoms with E-state index in [1.807, 2.05) is 0 Å². The van der Waals surface area contributed by atoms with E-state index < -0.39 is 6.03 Å². The highest BCUT2D eigenvalue weighted by Crippen LogP contribution is 2.15. The van der Waals surface area contributed by atoms with E-state index in [1.54, 1.807) is 48.5 Å². The summed E-state index contributed by atoms with van der Waals surface area (Å²) in [5.74, 6) is -0.127. The van der Waals surface area contributed by atoms with Crippen molar-refractivity contribution < 1.29 is 9.59 Å². The first-order chi connectivity index (χ1) is 9.06. The molecule has 0 aromatic heterocycles.